The molecule has 0 aliphatic rings. The van der Waals surface area contributed by atoms with Crippen molar-refractivity contribution in [2.24, 2.45) is 0 Å². The molecule has 0 fully saturated rings. The Labute approximate surface area is 142 Å². The van der Waals surface area contributed by atoms with E-state index in [4.69, 9.17) is 19.9 Å². The van der Waals surface area contributed by atoms with Crippen LogP contribution in [0.25, 0.3) is 0 Å². The van der Waals surface area contributed by atoms with Crippen LogP contribution in [-0.2, 0) is 27.6 Å². The maximum Gasteiger partial charge on any atom is 0.342 e. The molecule has 1 heterocycles. The number of carbonyl (C=O) groups is 2. The van der Waals surface area contributed by atoms with E-state index in [0.717, 1.165) is 0 Å². The lowest BCUT2D eigenvalue weighted by atomic mass is 10.2. The van der Waals surface area contributed by atoms with E-state index in [2.05, 4.69) is 9.82 Å². The molecule has 0 amide bonds. The average molecular weight is 348 g/mol. The summed E-state index contributed by atoms with van der Waals surface area (Å²) in [5, 5.41) is 16.6. The molecule has 0 unspecified atom stereocenters. The number of pyridine rings is 1. The fourth-order valence-electron chi connectivity index (χ4n) is 1.91. The molecular formula is C16H16N2O7. The molecule has 1 aromatic carbocycles. The van der Waals surface area contributed by atoms with Crippen LogP contribution in [0.5, 0.6) is 5.75 Å². The largest absolute Gasteiger partial charge is 0.455 e. The van der Waals surface area contributed by atoms with Crippen molar-refractivity contribution in [2.75, 3.05) is 0 Å². The molecule has 0 saturated carbocycles. The first-order valence-corrected chi connectivity index (χ1v) is 7.16. The lowest BCUT2D eigenvalue weighted by molar-refractivity contribution is -0.497. The van der Waals surface area contributed by atoms with Crippen LogP contribution in [-0.4, -0.2) is 32.7 Å². The van der Waals surface area contributed by atoms with E-state index in [1.54, 1.807) is 30.3 Å². The Hall–Kier alpha value is -2.85. The zero-order valence-corrected chi connectivity index (χ0v) is 13.3. The van der Waals surface area contributed by atoms with Gasteiger partial charge in [0.2, 0.25) is 0 Å². The summed E-state index contributed by atoms with van der Waals surface area (Å²) >= 11 is 0. The van der Waals surface area contributed by atoms with Gasteiger partial charge >= 0.3 is 11.9 Å². The molecule has 0 aliphatic carbocycles. The summed E-state index contributed by atoms with van der Waals surface area (Å²) in [5.41, 5.74) is 0.956. The molecule has 2 rings (SSSR count). The number of aromatic nitrogens is 1. The molecule has 2 N–H and O–H groups in total. The van der Waals surface area contributed by atoms with Crippen LogP contribution in [0.4, 0.5) is 0 Å². The number of carbonyl (C=O) groups excluding carboxylic acids is 2. The maximum atomic E-state index is 12.2. The summed E-state index contributed by atoms with van der Waals surface area (Å²) in [6.45, 7) is 0.937. The van der Waals surface area contributed by atoms with Gasteiger partial charge in [-0.3, -0.25) is 20.2 Å². The number of benzene rings is 1. The summed E-state index contributed by atoms with van der Waals surface area (Å²) in [6.07, 6.45) is 0. The second-order valence-corrected chi connectivity index (χ2v) is 4.81. The Morgan fingerprint density at radius 2 is 1.72 bits per heavy atom. The zero-order valence-electron chi connectivity index (χ0n) is 13.3. The average Bonchev–Trinajstić information content (AvgIpc) is 2.58. The minimum absolute atomic E-state index is 0.112. The Kier molecular flexibility index (Phi) is 6.54. The molecule has 132 valence electrons. The monoisotopic (exact) mass is 348 g/mol. The second-order valence-electron chi connectivity index (χ2n) is 4.81. The number of esters is 2. The molecule has 0 saturated heterocycles. The third kappa shape index (κ3) is 5.94. The quantitative estimate of drug-likeness (QED) is 0.439. The van der Waals surface area contributed by atoms with Crippen molar-refractivity contribution in [1.82, 2.24) is 10.4 Å². The Morgan fingerprint density at radius 1 is 1.04 bits per heavy atom. The summed E-state index contributed by atoms with van der Waals surface area (Å²) in [4.78, 5) is 31.9. The molecule has 2 aromatic rings. The van der Waals surface area contributed by atoms with Crippen LogP contribution in [0.15, 0.2) is 42.5 Å². The van der Waals surface area contributed by atoms with Crippen LogP contribution in [0.3, 0.4) is 0 Å². The van der Waals surface area contributed by atoms with Gasteiger partial charge in [0, 0.05) is 6.92 Å². The van der Waals surface area contributed by atoms with Gasteiger partial charge in [0.1, 0.15) is 24.5 Å². The normalized spacial score (nSPS) is 10.6. The summed E-state index contributed by atoms with van der Waals surface area (Å²) in [5.74, 6) is -1.10. The molecule has 9 heteroatoms. The van der Waals surface area contributed by atoms with Crippen molar-refractivity contribution in [3.63, 3.8) is 0 Å². The van der Waals surface area contributed by atoms with E-state index in [-0.39, 0.29) is 24.5 Å². The fraction of sp³-hybridized carbons (Fsp3) is 0.188. The van der Waals surface area contributed by atoms with E-state index in [1.807, 2.05) is 0 Å². The van der Waals surface area contributed by atoms with Crippen molar-refractivity contribution in [2.45, 2.75) is 20.1 Å². The third-order valence-corrected chi connectivity index (χ3v) is 2.90. The van der Waals surface area contributed by atoms with Gasteiger partial charge in [0.15, 0.2) is 0 Å². The van der Waals surface area contributed by atoms with Crippen molar-refractivity contribution >= 4 is 11.9 Å². The van der Waals surface area contributed by atoms with Crippen LogP contribution in [0.1, 0.15) is 28.7 Å². The predicted molar refractivity (Wildman–Crippen MR) is 81.3 cm³/mol. The molecule has 0 atom stereocenters. The molecule has 0 aliphatic heterocycles. The lowest BCUT2D eigenvalue weighted by Crippen LogP contribution is -2.15. The Bertz CT molecular complexity index is 749. The number of hydrogen-bond acceptors (Lipinski definition) is 9. The minimum atomic E-state index is -0.669. The summed E-state index contributed by atoms with van der Waals surface area (Å²) < 4.78 is 10.1. The van der Waals surface area contributed by atoms with Crippen molar-refractivity contribution in [1.29, 1.82) is 0 Å². The standard InChI is InChI=1S/C16H16N2O7/c1-11(19)25-15-8-3-2-7-14(15)16(20)23-9-12-5-4-6-13(17-12)10-24-18(21)22/h2-8,21-22H,9-10H2,1H3. The summed E-state index contributed by atoms with van der Waals surface area (Å²) in [6, 6.07) is 11.1. The number of para-hydroxylation sites is 1. The first-order chi connectivity index (χ1) is 12.0. The first kappa shape index (κ1) is 18.5. The van der Waals surface area contributed by atoms with Gasteiger partial charge in [-0.2, -0.15) is 0 Å². The van der Waals surface area contributed by atoms with Gasteiger partial charge < -0.3 is 9.47 Å². The highest BCUT2D eigenvalue weighted by atomic mass is 17.1. The molecule has 0 radical (unpaired) electrons. The Balaban J connectivity index is 2.01. The van der Waals surface area contributed by atoms with Crippen molar-refractivity contribution < 1.29 is 34.3 Å². The minimum Gasteiger partial charge on any atom is -0.455 e. The van der Waals surface area contributed by atoms with Crippen LogP contribution < -0.4 is 4.74 Å². The smallest absolute Gasteiger partial charge is 0.342 e. The van der Waals surface area contributed by atoms with Crippen LogP contribution in [0, 0.1) is 0 Å². The molecule has 9 nitrogen and oxygen atoms in total. The van der Waals surface area contributed by atoms with Gasteiger partial charge in [-0.25, -0.2) is 9.63 Å². The molecule has 0 bridgehead atoms. The van der Waals surface area contributed by atoms with Crippen molar-refractivity contribution in [3.05, 3.63) is 59.4 Å². The molecular weight excluding hydrogens is 332 g/mol. The summed E-state index contributed by atoms with van der Waals surface area (Å²) in [7, 11) is 0. The fourth-order valence-corrected chi connectivity index (χ4v) is 1.91. The van der Waals surface area contributed by atoms with Gasteiger partial charge in [-0.15, -0.1) is 0 Å². The van der Waals surface area contributed by atoms with Crippen molar-refractivity contribution in [3.8, 4) is 5.75 Å². The van der Waals surface area contributed by atoms with E-state index in [9.17, 15) is 9.59 Å². The van der Waals surface area contributed by atoms with Gasteiger partial charge in [0.05, 0.1) is 16.8 Å². The number of ether oxygens (including phenoxy) is 2. The van der Waals surface area contributed by atoms with Gasteiger partial charge in [-0.1, -0.05) is 18.2 Å². The van der Waals surface area contributed by atoms with E-state index < -0.39 is 17.3 Å². The number of rotatable bonds is 7. The topological polar surface area (TPSA) is 118 Å². The predicted octanol–water partition coefficient (Wildman–Crippen LogP) is 1.88. The SMILES string of the molecule is CC(=O)Oc1ccccc1C(=O)OCc1cccc(CON(O)O)n1. The number of hydrogen-bond donors (Lipinski definition) is 2. The second kappa shape index (κ2) is 8.85. The molecule has 25 heavy (non-hydrogen) atoms. The highest BCUT2D eigenvalue weighted by Gasteiger charge is 2.15. The molecule has 1 aromatic heterocycles. The van der Waals surface area contributed by atoms with Gasteiger partial charge in [0.25, 0.3) is 0 Å². The third-order valence-electron chi connectivity index (χ3n) is 2.90. The maximum absolute atomic E-state index is 12.2. The van der Waals surface area contributed by atoms with E-state index in [0.29, 0.717) is 11.4 Å². The van der Waals surface area contributed by atoms with Crippen LogP contribution in [0.2, 0.25) is 0 Å². The van der Waals surface area contributed by atoms with E-state index >= 15 is 0 Å². The van der Waals surface area contributed by atoms with E-state index in [1.165, 1.54) is 19.1 Å². The van der Waals surface area contributed by atoms with Crippen LogP contribution >= 0.6 is 0 Å². The Morgan fingerprint density at radius 3 is 2.40 bits per heavy atom. The van der Waals surface area contributed by atoms with Gasteiger partial charge in [-0.05, 0) is 24.3 Å². The molecule has 0 spiro atoms. The highest BCUT2D eigenvalue weighted by Crippen LogP contribution is 2.19. The highest BCUT2D eigenvalue weighted by molar-refractivity contribution is 5.93. The number of nitrogens with zero attached hydrogens (tertiary/aromatic N) is 2. The lowest BCUT2D eigenvalue weighted by Gasteiger charge is -2.10. The first-order valence-electron chi connectivity index (χ1n) is 7.16. The zero-order chi connectivity index (χ0) is 18.2.